The van der Waals surface area contributed by atoms with Gasteiger partial charge in [-0.05, 0) is 43.4 Å². The lowest BCUT2D eigenvalue weighted by Gasteiger charge is -2.21. The Morgan fingerprint density at radius 1 is 0.265 bits per heavy atom. The third-order valence-electron chi connectivity index (χ3n) is 19.4. The molecule has 0 saturated carbocycles. The maximum atomic E-state index is 13.1. The van der Waals surface area contributed by atoms with Gasteiger partial charge in [-0.1, -0.05) is 382 Å². The number of aliphatic hydroxyl groups excluding tert-OH is 1. The standard InChI is InChI=1S/C83H162O17P2/c1-8-9-10-11-12-13-14-15-16-17-18-19-20-21-22-23-30-37-45-52-59-66-82(87)99-78(70-93-80(85)64-57-50-43-36-29-25-24-27-33-40-47-54-61-74(2)3)72-97-101(89,90)95-68-77(84)69-96-102(91,92)98-73-79(71-94-81(86)65-58-51-44-39-32-35-42-49-56-63-76(6)7)100-83(88)67-60-53-46-38-31-26-28-34-41-48-55-62-75(4)5/h74-79,84H,8-73H2,1-7H3,(H,89,90)(H,91,92)/t77-,78-,79-/m1/s1. The molecule has 19 heteroatoms. The molecule has 2 unspecified atom stereocenters. The zero-order chi connectivity index (χ0) is 75.1. The normalized spacial score (nSPS) is 13.9. The van der Waals surface area contributed by atoms with Gasteiger partial charge >= 0.3 is 39.5 Å². The number of carbonyl (C=O) groups is 4. The first-order valence-electron chi connectivity index (χ1n) is 42.8. The van der Waals surface area contributed by atoms with E-state index in [1.165, 1.54) is 244 Å². The first-order valence-corrected chi connectivity index (χ1v) is 45.8. The predicted octanol–water partition coefficient (Wildman–Crippen LogP) is 24.9. The van der Waals surface area contributed by atoms with Gasteiger partial charge in [0.15, 0.2) is 12.2 Å². The Morgan fingerprint density at radius 2 is 0.451 bits per heavy atom. The van der Waals surface area contributed by atoms with Crippen LogP contribution in [0, 0.1) is 17.8 Å². The smallest absolute Gasteiger partial charge is 0.462 e. The van der Waals surface area contributed by atoms with E-state index < -0.39 is 97.5 Å². The van der Waals surface area contributed by atoms with E-state index in [0.717, 1.165) is 108 Å². The van der Waals surface area contributed by atoms with E-state index in [-0.39, 0.29) is 25.7 Å². The van der Waals surface area contributed by atoms with Crippen LogP contribution in [0.25, 0.3) is 0 Å². The summed E-state index contributed by atoms with van der Waals surface area (Å²) in [7, 11) is -9.92. The van der Waals surface area contributed by atoms with Crippen molar-refractivity contribution in [1.29, 1.82) is 0 Å². The van der Waals surface area contributed by atoms with Crippen molar-refractivity contribution >= 4 is 39.5 Å². The van der Waals surface area contributed by atoms with Crippen LogP contribution < -0.4 is 0 Å². The van der Waals surface area contributed by atoms with Crippen LogP contribution in [0.5, 0.6) is 0 Å². The van der Waals surface area contributed by atoms with Gasteiger partial charge in [-0.3, -0.25) is 37.3 Å². The second kappa shape index (κ2) is 73.2. The lowest BCUT2D eigenvalue weighted by Crippen LogP contribution is -2.30. The predicted molar refractivity (Wildman–Crippen MR) is 418 cm³/mol. The van der Waals surface area contributed by atoms with Gasteiger partial charge in [0.05, 0.1) is 26.4 Å². The number of rotatable bonds is 81. The first-order chi connectivity index (χ1) is 49.2. The van der Waals surface area contributed by atoms with Crippen LogP contribution in [0.1, 0.15) is 434 Å². The van der Waals surface area contributed by atoms with Gasteiger partial charge in [-0.2, -0.15) is 0 Å². The molecule has 0 aromatic rings. The molecule has 0 aromatic carbocycles. The fraction of sp³-hybridized carbons (Fsp3) is 0.952. The van der Waals surface area contributed by atoms with Gasteiger partial charge in [0.1, 0.15) is 19.3 Å². The Morgan fingerprint density at radius 3 is 0.667 bits per heavy atom. The van der Waals surface area contributed by atoms with Crippen molar-refractivity contribution in [3.63, 3.8) is 0 Å². The van der Waals surface area contributed by atoms with Crippen LogP contribution in [0.2, 0.25) is 0 Å². The molecule has 0 radical (unpaired) electrons. The maximum absolute atomic E-state index is 13.1. The average Bonchev–Trinajstić information content (AvgIpc) is 0.909. The van der Waals surface area contributed by atoms with Crippen LogP contribution in [-0.2, 0) is 65.4 Å². The van der Waals surface area contributed by atoms with Crippen LogP contribution in [-0.4, -0.2) is 96.7 Å². The third-order valence-corrected chi connectivity index (χ3v) is 21.3. The maximum Gasteiger partial charge on any atom is 0.472 e. The molecule has 0 aromatic heterocycles. The van der Waals surface area contributed by atoms with E-state index in [4.69, 9.17) is 37.0 Å². The summed E-state index contributed by atoms with van der Waals surface area (Å²) < 4.78 is 68.8. The number of phosphoric acid groups is 2. The molecule has 102 heavy (non-hydrogen) atoms. The highest BCUT2D eigenvalue weighted by atomic mass is 31.2. The molecule has 3 N–H and O–H groups in total. The van der Waals surface area contributed by atoms with Crippen molar-refractivity contribution in [2.45, 2.75) is 452 Å². The number of aliphatic hydroxyl groups is 1. The summed E-state index contributed by atoms with van der Waals surface area (Å²) >= 11 is 0. The van der Waals surface area contributed by atoms with E-state index >= 15 is 0 Å². The minimum Gasteiger partial charge on any atom is -0.462 e. The summed E-state index contributed by atoms with van der Waals surface area (Å²) in [5, 5.41) is 10.7. The minimum atomic E-state index is -4.96. The zero-order valence-electron chi connectivity index (χ0n) is 67.1. The minimum absolute atomic E-state index is 0.106. The van der Waals surface area contributed by atoms with E-state index in [9.17, 15) is 43.2 Å². The highest BCUT2D eigenvalue weighted by molar-refractivity contribution is 7.47. The Balaban J connectivity index is 5.24. The summed E-state index contributed by atoms with van der Waals surface area (Å²) in [5.41, 5.74) is 0. The molecule has 0 bridgehead atoms. The molecular weight excluding hydrogens is 1330 g/mol. The number of carbonyl (C=O) groups excluding carboxylic acids is 4. The molecule has 0 aliphatic carbocycles. The topological polar surface area (TPSA) is 237 Å². The quantitative estimate of drug-likeness (QED) is 0.0222. The van der Waals surface area contributed by atoms with E-state index in [0.29, 0.717) is 25.7 Å². The lowest BCUT2D eigenvalue weighted by atomic mass is 10.0. The van der Waals surface area contributed by atoms with Crippen LogP contribution in [0.3, 0.4) is 0 Å². The molecule has 0 spiro atoms. The molecule has 17 nitrogen and oxygen atoms in total. The average molecular weight is 1490 g/mol. The van der Waals surface area contributed by atoms with Crippen molar-refractivity contribution in [2.75, 3.05) is 39.6 Å². The first kappa shape index (κ1) is 100. The van der Waals surface area contributed by atoms with Crippen LogP contribution >= 0.6 is 15.6 Å². The van der Waals surface area contributed by atoms with E-state index in [1.54, 1.807) is 0 Å². The lowest BCUT2D eigenvalue weighted by molar-refractivity contribution is -0.161. The van der Waals surface area contributed by atoms with Crippen molar-refractivity contribution in [3.05, 3.63) is 0 Å². The SMILES string of the molecule is CCCCCCCCCCCCCCCCCCCCCCCC(=O)O[C@H](COC(=O)CCCCCCCCCCCCCCC(C)C)COP(=O)(O)OC[C@@H](O)COP(=O)(O)OC[C@@H](COC(=O)CCCCCCCCCCCC(C)C)OC(=O)CCCCCCCCCCCCCC(C)C. The number of esters is 4. The van der Waals surface area contributed by atoms with Crippen LogP contribution in [0.15, 0.2) is 0 Å². The number of ether oxygens (including phenoxy) is 4. The summed E-state index contributed by atoms with van der Waals surface area (Å²) in [6, 6.07) is 0. The molecule has 0 rings (SSSR count). The third kappa shape index (κ3) is 76.3. The highest BCUT2D eigenvalue weighted by Gasteiger charge is 2.30. The van der Waals surface area contributed by atoms with Gasteiger partial charge < -0.3 is 33.8 Å². The molecule has 0 fully saturated rings. The highest BCUT2D eigenvalue weighted by Crippen LogP contribution is 2.45. The van der Waals surface area contributed by atoms with Crippen molar-refractivity contribution in [2.24, 2.45) is 17.8 Å². The van der Waals surface area contributed by atoms with Gasteiger partial charge in [0.2, 0.25) is 0 Å². The van der Waals surface area contributed by atoms with Crippen LogP contribution in [0.4, 0.5) is 0 Å². The molecular formula is C83H162O17P2. The summed E-state index contributed by atoms with van der Waals surface area (Å²) in [5.74, 6) is 0.182. The number of unbranched alkanes of at least 4 members (excludes halogenated alkanes) is 49. The van der Waals surface area contributed by atoms with Crippen molar-refractivity contribution in [1.82, 2.24) is 0 Å². The number of phosphoric ester groups is 2. The summed E-state index contributed by atoms with van der Waals surface area (Å²) in [6.45, 7) is 11.9. The fourth-order valence-corrected chi connectivity index (χ4v) is 14.4. The summed E-state index contributed by atoms with van der Waals surface area (Å²) in [6.07, 6.45) is 62.5. The van der Waals surface area contributed by atoms with Gasteiger partial charge in [-0.15, -0.1) is 0 Å². The van der Waals surface area contributed by atoms with E-state index in [1.807, 2.05) is 0 Å². The molecule has 0 aliphatic rings. The molecule has 0 amide bonds. The molecule has 606 valence electrons. The second-order valence-corrected chi connectivity index (χ2v) is 34.2. The number of hydrogen-bond acceptors (Lipinski definition) is 15. The number of hydrogen-bond donors (Lipinski definition) is 3. The largest absolute Gasteiger partial charge is 0.472 e. The van der Waals surface area contributed by atoms with Crippen molar-refractivity contribution in [3.8, 4) is 0 Å². The van der Waals surface area contributed by atoms with Gasteiger partial charge in [0, 0.05) is 25.7 Å². The Kier molecular flexibility index (Phi) is 71.8. The zero-order valence-corrected chi connectivity index (χ0v) is 68.9. The molecule has 0 heterocycles. The Labute approximate surface area is 626 Å². The Hall–Kier alpha value is -1.94. The molecule has 5 atom stereocenters. The van der Waals surface area contributed by atoms with E-state index in [2.05, 4.69) is 48.5 Å². The second-order valence-electron chi connectivity index (χ2n) is 31.3. The Bertz CT molecular complexity index is 1970. The summed E-state index contributed by atoms with van der Waals surface area (Å²) in [4.78, 5) is 73.1. The van der Waals surface area contributed by atoms with Gasteiger partial charge in [-0.25, -0.2) is 9.13 Å². The van der Waals surface area contributed by atoms with Gasteiger partial charge in [0.25, 0.3) is 0 Å². The monoisotopic (exact) mass is 1490 g/mol. The fourth-order valence-electron chi connectivity index (χ4n) is 12.8. The molecule has 0 saturated heterocycles. The molecule has 0 aliphatic heterocycles. The van der Waals surface area contributed by atoms with Crippen molar-refractivity contribution < 1.29 is 80.2 Å².